The van der Waals surface area contributed by atoms with Crippen LogP contribution in [0, 0.1) is 77.5 Å². The summed E-state index contributed by atoms with van der Waals surface area (Å²) in [7, 11) is -0.842. The minimum atomic E-state index is -0.421. The zero-order valence-electron chi connectivity index (χ0n) is 22.1. The molecule has 0 heterocycles. The monoisotopic (exact) mass is 618 g/mol. The molecule has 190 valence electrons. The number of hydrogen-bond donors (Lipinski definition) is 0. The van der Waals surface area contributed by atoms with Crippen molar-refractivity contribution in [2.24, 2.45) is 0 Å². The van der Waals surface area contributed by atoms with E-state index < -0.39 is 15.8 Å². The summed E-state index contributed by atoms with van der Waals surface area (Å²) >= 11 is 0. The molecule has 39 heavy (non-hydrogen) atoms. The van der Waals surface area contributed by atoms with Crippen LogP contribution in [0.5, 0.6) is 0 Å². The molecule has 2 saturated carbocycles. The fourth-order valence-electron chi connectivity index (χ4n) is 3.37. The summed E-state index contributed by atoms with van der Waals surface area (Å²) in [6.45, 7) is 8.49. The summed E-state index contributed by atoms with van der Waals surface area (Å²) in [5.41, 5.74) is 0. The predicted octanol–water partition coefficient (Wildman–Crippen LogP) is 7.86. The quantitative estimate of drug-likeness (QED) is 0.161. The fraction of sp³-hybridized carbons (Fsp3) is 0. The van der Waals surface area contributed by atoms with Gasteiger partial charge in [0, 0.05) is 0 Å². The van der Waals surface area contributed by atoms with Crippen LogP contribution in [0.2, 0.25) is 0 Å². The van der Waals surface area contributed by atoms with E-state index in [1.807, 2.05) is 88.5 Å². The Hall–Kier alpha value is -1.38. The largest absolute Gasteiger partial charge is 4.00 e. The van der Waals surface area contributed by atoms with Crippen molar-refractivity contribution in [1.29, 1.82) is 0 Å². The average molecular weight is 620 g/mol. The van der Waals surface area contributed by atoms with Crippen LogP contribution in [0.15, 0.2) is 121 Å². The molecular formula is C36H34P2Zr+2. The van der Waals surface area contributed by atoms with E-state index in [9.17, 15) is 0 Å². The zero-order valence-corrected chi connectivity index (χ0v) is 26.4. The van der Waals surface area contributed by atoms with Crippen molar-refractivity contribution < 1.29 is 26.2 Å². The standard InChI is InChI=1S/2C13H12P.2C5H5.Zr/c2*1-14(12-8-4-2-5-9-12)13-10-6-3-7-11-13;2*1-2-4-5-3-1;/h2*2-11H,1H2;2*1-5H;/q2*-1;;;+4. The molecule has 0 amide bonds. The molecule has 0 saturated heterocycles. The van der Waals surface area contributed by atoms with E-state index in [1.54, 1.807) is 0 Å². The summed E-state index contributed by atoms with van der Waals surface area (Å²) in [6, 6.07) is 41.9. The molecule has 4 aromatic rings. The van der Waals surface area contributed by atoms with Crippen LogP contribution in [-0.2, 0) is 26.2 Å². The first-order valence-corrected chi connectivity index (χ1v) is 15.6. The van der Waals surface area contributed by atoms with Crippen LogP contribution in [0.3, 0.4) is 0 Å². The van der Waals surface area contributed by atoms with E-state index in [0.717, 1.165) is 0 Å². The molecule has 3 heteroatoms. The van der Waals surface area contributed by atoms with Crippen LogP contribution in [0.4, 0.5) is 0 Å². The Morgan fingerprint density at radius 2 is 0.436 bits per heavy atom. The van der Waals surface area contributed by atoms with Crippen molar-refractivity contribution in [2.75, 3.05) is 0 Å². The molecule has 2 fully saturated rings. The van der Waals surface area contributed by atoms with Crippen LogP contribution >= 0.6 is 15.8 Å². The second-order valence-corrected chi connectivity index (χ2v) is 11.9. The second kappa shape index (κ2) is 21.4. The van der Waals surface area contributed by atoms with Crippen LogP contribution in [0.1, 0.15) is 0 Å². The fourth-order valence-corrected chi connectivity index (χ4v) is 6.10. The third kappa shape index (κ3) is 13.7. The molecule has 6 rings (SSSR count). The van der Waals surface area contributed by atoms with Gasteiger partial charge < -0.3 is 13.3 Å². The minimum absolute atomic E-state index is 0. The summed E-state index contributed by atoms with van der Waals surface area (Å²) in [4.78, 5) is 0. The van der Waals surface area contributed by atoms with E-state index in [2.05, 4.69) is 110 Å². The summed E-state index contributed by atoms with van der Waals surface area (Å²) in [5, 5.41) is 5.31. The molecule has 0 unspecified atom stereocenters. The average Bonchev–Trinajstić information content (AvgIpc) is 3.79. The molecule has 0 spiro atoms. The number of benzene rings is 4. The number of rotatable bonds is 4. The Balaban J connectivity index is 0.000000199. The number of hydrogen-bond acceptors (Lipinski definition) is 0. The van der Waals surface area contributed by atoms with Gasteiger partial charge in [0.25, 0.3) is 0 Å². The predicted molar refractivity (Wildman–Crippen MR) is 172 cm³/mol. The van der Waals surface area contributed by atoms with Gasteiger partial charge in [-0.15, -0.1) is 0 Å². The third-order valence-electron chi connectivity index (χ3n) is 5.38. The molecule has 2 aliphatic rings. The summed E-state index contributed by atoms with van der Waals surface area (Å²) in [6.07, 6.45) is 20.0. The van der Waals surface area contributed by atoms with E-state index in [1.165, 1.54) is 21.2 Å². The van der Waals surface area contributed by atoms with Gasteiger partial charge >= 0.3 is 26.2 Å². The molecule has 0 bridgehead atoms. The van der Waals surface area contributed by atoms with Gasteiger partial charge in [-0.2, -0.15) is 0 Å². The Kier molecular flexibility index (Phi) is 18.5. The maximum Gasteiger partial charge on any atom is 4.00 e. The van der Waals surface area contributed by atoms with Gasteiger partial charge in [0.05, 0.1) is 0 Å². The summed E-state index contributed by atoms with van der Waals surface area (Å²) < 4.78 is 0. The van der Waals surface area contributed by atoms with E-state index >= 15 is 0 Å². The van der Waals surface area contributed by atoms with Gasteiger partial charge in [-0.3, -0.25) is 0 Å². The maximum absolute atomic E-state index is 4.24. The smallest absolute Gasteiger partial charge is 0.308 e. The van der Waals surface area contributed by atoms with Gasteiger partial charge in [0.15, 0.2) is 0 Å². The van der Waals surface area contributed by atoms with Crippen molar-refractivity contribution in [3.8, 4) is 0 Å². The second-order valence-electron chi connectivity index (χ2n) is 8.12. The first kappa shape index (κ1) is 33.8. The third-order valence-corrected chi connectivity index (χ3v) is 9.07. The van der Waals surface area contributed by atoms with Crippen LogP contribution < -0.4 is 21.2 Å². The molecular weight excluding hydrogens is 586 g/mol. The van der Waals surface area contributed by atoms with E-state index in [4.69, 9.17) is 0 Å². The van der Waals surface area contributed by atoms with Gasteiger partial charge in [0.2, 0.25) is 0 Å². The first-order valence-electron chi connectivity index (χ1n) is 12.5. The van der Waals surface area contributed by atoms with Gasteiger partial charge in [-0.25, -0.2) is 15.8 Å². The minimum Gasteiger partial charge on any atom is -0.308 e. The Morgan fingerprint density at radius 3 is 0.590 bits per heavy atom. The van der Waals surface area contributed by atoms with Crippen LogP contribution in [-0.4, -0.2) is 0 Å². The van der Waals surface area contributed by atoms with Gasteiger partial charge in [-0.05, 0) is 64.2 Å². The Morgan fingerprint density at radius 1 is 0.282 bits per heavy atom. The van der Waals surface area contributed by atoms with Crippen LogP contribution in [0.25, 0.3) is 0 Å². The molecule has 0 aromatic heterocycles. The first-order chi connectivity index (χ1) is 18.8. The Bertz CT molecular complexity index is 895. The maximum atomic E-state index is 4.24. The zero-order chi connectivity index (χ0) is 26.7. The molecule has 0 atom stereocenters. The van der Waals surface area contributed by atoms with E-state index in [0.29, 0.717) is 0 Å². The molecule has 0 aliphatic heterocycles. The molecule has 0 N–H and O–H groups in total. The topological polar surface area (TPSA) is 0 Å². The normalized spacial score (nSPS) is 13.6. The molecule has 2 aliphatic carbocycles. The van der Waals surface area contributed by atoms with Crippen molar-refractivity contribution in [3.63, 3.8) is 0 Å². The van der Waals surface area contributed by atoms with E-state index in [-0.39, 0.29) is 26.2 Å². The molecule has 4 aromatic carbocycles. The van der Waals surface area contributed by atoms with Gasteiger partial charge in [-0.1, -0.05) is 143 Å². The van der Waals surface area contributed by atoms with Crippen molar-refractivity contribution in [3.05, 3.63) is 199 Å². The SMILES string of the molecule is [CH2-]P(c1ccccc1)c1ccccc1.[CH2-]P(c1ccccc1)c1ccccc1.[CH]1[CH][CH][CH][CH]1.[CH]1[CH][CH][CH][CH]1.[Zr+4]. The summed E-state index contributed by atoms with van der Waals surface area (Å²) in [5.74, 6) is 0. The van der Waals surface area contributed by atoms with Gasteiger partial charge in [0.1, 0.15) is 0 Å². The molecule has 0 nitrogen and oxygen atoms in total. The molecule has 10 radical (unpaired) electrons. The Labute approximate surface area is 260 Å². The van der Waals surface area contributed by atoms with Crippen molar-refractivity contribution in [2.45, 2.75) is 0 Å². The van der Waals surface area contributed by atoms with Crippen molar-refractivity contribution >= 4 is 37.1 Å². The van der Waals surface area contributed by atoms with Crippen molar-refractivity contribution in [1.82, 2.24) is 0 Å².